The van der Waals surface area contributed by atoms with E-state index in [0.29, 0.717) is 30.8 Å². The molecule has 2 aromatic rings. The van der Waals surface area contributed by atoms with Gasteiger partial charge in [0.15, 0.2) is 0 Å². The Labute approximate surface area is 146 Å². The Morgan fingerprint density at radius 1 is 1.40 bits per heavy atom. The van der Waals surface area contributed by atoms with Crippen molar-refractivity contribution in [1.29, 1.82) is 0 Å². The van der Waals surface area contributed by atoms with E-state index in [9.17, 15) is 14.7 Å². The zero-order valence-corrected chi connectivity index (χ0v) is 14.8. The van der Waals surface area contributed by atoms with Gasteiger partial charge in [0.25, 0.3) is 0 Å². The summed E-state index contributed by atoms with van der Waals surface area (Å²) in [6.07, 6.45) is 0.763. The van der Waals surface area contributed by atoms with E-state index < -0.39 is 5.63 Å². The van der Waals surface area contributed by atoms with Gasteiger partial charge in [-0.15, -0.1) is 0 Å². The Kier molecular flexibility index (Phi) is 6.55. The number of ether oxygens (including phenoxy) is 1. The number of phenols is 1. The monoisotopic (exact) mass is 348 g/mol. The molecule has 0 bridgehead atoms. The van der Waals surface area contributed by atoms with Gasteiger partial charge in [-0.2, -0.15) is 0 Å². The summed E-state index contributed by atoms with van der Waals surface area (Å²) in [5.74, 6) is -0.00343. The van der Waals surface area contributed by atoms with Crippen LogP contribution >= 0.6 is 0 Å². The molecule has 1 aromatic heterocycles. The molecule has 0 atom stereocenters. The molecule has 2 N–H and O–H groups in total. The fourth-order valence-corrected chi connectivity index (χ4v) is 2.64. The van der Waals surface area contributed by atoms with Crippen LogP contribution in [0.4, 0.5) is 0 Å². The lowest BCUT2D eigenvalue weighted by atomic mass is 10.1. The van der Waals surface area contributed by atoms with Gasteiger partial charge < -0.3 is 19.6 Å². The van der Waals surface area contributed by atoms with Crippen LogP contribution in [0.5, 0.6) is 5.75 Å². The van der Waals surface area contributed by atoms with Crippen molar-refractivity contribution in [3.8, 4) is 5.75 Å². The third-order valence-electron chi connectivity index (χ3n) is 3.92. The number of nitrogens with one attached hydrogen (secondary N) is 1. The molecule has 0 aliphatic rings. The van der Waals surface area contributed by atoms with E-state index in [2.05, 4.69) is 5.32 Å². The van der Waals surface area contributed by atoms with Crippen LogP contribution in [0.25, 0.3) is 11.0 Å². The van der Waals surface area contributed by atoms with Gasteiger partial charge in [0.05, 0.1) is 6.54 Å². The predicted molar refractivity (Wildman–Crippen MR) is 94.7 cm³/mol. The molecule has 7 nitrogen and oxygen atoms in total. The summed E-state index contributed by atoms with van der Waals surface area (Å²) in [6.45, 7) is 3.50. The first-order chi connectivity index (χ1) is 11.9. The maximum absolute atomic E-state index is 11.9. The molecule has 1 aromatic carbocycles. The zero-order chi connectivity index (χ0) is 18.4. The second-order valence-electron chi connectivity index (χ2n) is 6.05. The number of nitrogens with zero attached hydrogens (tertiary/aromatic N) is 1. The van der Waals surface area contributed by atoms with Crippen LogP contribution in [-0.2, 0) is 16.1 Å². The van der Waals surface area contributed by atoms with Crippen LogP contribution in [0.1, 0.15) is 17.5 Å². The third-order valence-corrected chi connectivity index (χ3v) is 3.92. The SMILES string of the molecule is COCCCNC(=O)CN(C)Cc1cc(=O)oc2c(C)c(O)ccc12. The van der Waals surface area contributed by atoms with Crippen LogP contribution in [0.2, 0.25) is 0 Å². The number of fused-ring (bicyclic) bond motifs is 1. The van der Waals surface area contributed by atoms with Crippen LogP contribution < -0.4 is 10.9 Å². The summed E-state index contributed by atoms with van der Waals surface area (Å²) in [5.41, 5.74) is 1.17. The van der Waals surface area contributed by atoms with Gasteiger partial charge in [0.2, 0.25) is 5.91 Å². The number of rotatable bonds is 8. The van der Waals surface area contributed by atoms with Gasteiger partial charge in [-0.25, -0.2) is 4.79 Å². The van der Waals surface area contributed by atoms with Crippen molar-refractivity contribution < 1.29 is 19.1 Å². The molecule has 0 unspecified atom stereocenters. The fraction of sp³-hybridized carbons (Fsp3) is 0.444. The molecular weight excluding hydrogens is 324 g/mol. The van der Waals surface area contributed by atoms with Crippen LogP contribution in [0.15, 0.2) is 27.4 Å². The van der Waals surface area contributed by atoms with Gasteiger partial charge in [-0.05, 0) is 38.1 Å². The van der Waals surface area contributed by atoms with Crippen molar-refractivity contribution in [3.05, 3.63) is 39.7 Å². The molecule has 1 amide bonds. The Hall–Kier alpha value is -2.38. The van der Waals surface area contributed by atoms with Gasteiger partial charge in [-0.1, -0.05) is 0 Å². The van der Waals surface area contributed by atoms with Crippen molar-refractivity contribution in [1.82, 2.24) is 10.2 Å². The van der Waals surface area contributed by atoms with E-state index in [-0.39, 0.29) is 18.2 Å². The van der Waals surface area contributed by atoms with Crippen LogP contribution in [-0.4, -0.2) is 49.8 Å². The molecule has 2 rings (SSSR count). The topological polar surface area (TPSA) is 92.0 Å². The molecule has 0 saturated carbocycles. The van der Waals surface area contributed by atoms with Gasteiger partial charge in [0.1, 0.15) is 11.3 Å². The number of methoxy groups -OCH3 is 1. The predicted octanol–water partition coefficient (Wildman–Crippen LogP) is 1.39. The minimum absolute atomic E-state index is 0.0802. The number of aryl methyl sites for hydroxylation is 1. The largest absolute Gasteiger partial charge is 0.508 e. The smallest absolute Gasteiger partial charge is 0.336 e. The standard InChI is InChI=1S/C18H24N2O5/c1-12-15(21)6-5-14-13(9-17(23)25-18(12)14)10-20(2)11-16(22)19-7-4-8-24-3/h5-6,9,21H,4,7-8,10-11H2,1-3H3,(H,19,22). The Morgan fingerprint density at radius 2 is 2.16 bits per heavy atom. The molecule has 136 valence electrons. The number of benzene rings is 1. The van der Waals surface area contributed by atoms with Crippen LogP contribution in [0, 0.1) is 6.92 Å². The minimum Gasteiger partial charge on any atom is -0.508 e. The van der Waals surface area contributed by atoms with E-state index >= 15 is 0 Å². The lowest BCUT2D eigenvalue weighted by molar-refractivity contribution is -0.122. The number of phenolic OH excluding ortho intramolecular Hbond substituents is 1. The second kappa shape index (κ2) is 8.64. The third kappa shape index (κ3) is 5.04. The molecule has 0 saturated heterocycles. The quantitative estimate of drug-likeness (QED) is 0.553. The first-order valence-electron chi connectivity index (χ1n) is 8.12. The van der Waals surface area contributed by atoms with Gasteiger partial charge in [0, 0.05) is 43.8 Å². The number of carbonyl (C=O) groups excluding carboxylic acids is 1. The summed E-state index contributed by atoms with van der Waals surface area (Å²) in [6, 6.07) is 4.71. The zero-order valence-electron chi connectivity index (χ0n) is 14.8. The van der Waals surface area contributed by atoms with Gasteiger partial charge in [-0.3, -0.25) is 9.69 Å². The van der Waals surface area contributed by atoms with Crippen molar-refractivity contribution in [2.24, 2.45) is 0 Å². The normalized spacial score (nSPS) is 11.2. The Bertz CT molecular complexity index is 800. The summed E-state index contributed by atoms with van der Waals surface area (Å²) in [5, 5.41) is 13.4. The maximum atomic E-state index is 11.9. The Balaban J connectivity index is 2.08. The van der Waals surface area contributed by atoms with Crippen molar-refractivity contribution >= 4 is 16.9 Å². The lowest BCUT2D eigenvalue weighted by Gasteiger charge is -2.17. The van der Waals surface area contributed by atoms with Crippen LogP contribution in [0.3, 0.4) is 0 Å². The molecule has 0 aliphatic carbocycles. The molecule has 0 radical (unpaired) electrons. The molecule has 25 heavy (non-hydrogen) atoms. The summed E-state index contributed by atoms with van der Waals surface area (Å²) in [4.78, 5) is 25.6. The average molecular weight is 348 g/mol. The maximum Gasteiger partial charge on any atom is 0.336 e. The van der Waals surface area contributed by atoms with Crippen molar-refractivity contribution in [2.75, 3.05) is 33.9 Å². The van der Waals surface area contributed by atoms with E-state index in [4.69, 9.17) is 9.15 Å². The molecule has 7 heteroatoms. The fourth-order valence-electron chi connectivity index (χ4n) is 2.64. The molecule has 0 fully saturated rings. The number of hydrogen-bond acceptors (Lipinski definition) is 6. The number of carbonyl (C=O) groups is 1. The number of amides is 1. The first-order valence-corrected chi connectivity index (χ1v) is 8.12. The molecule has 1 heterocycles. The van der Waals surface area contributed by atoms with E-state index in [1.54, 1.807) is 26.2 Å². The molecular formula is C18H24N2O5. The lowest BCUT2D eigenvalue weighted by Crippen LogP contribution is -2.35. The Morgan fingerprint density at radius 3 is 2.88 bits per heavy atom. The highest BCUT2D eigenvalue weighted by atomic mass is 16.5. The van der Waals surface area contributed by atoms with Crippen molar-refractivity contribution in [3.63, 3.8) is 0 Å². The minimum atomic E-state index is -0.478. The highest BCUT2D eigenvalue weighted by Crippen LogP contribution is 2.27. The summed E-state index contributed by atoms with van der Waals surface area (Å²) >= 11 is 0. The van der Waals surface area contributed by atoms with E-state index in [1.165, 1.54) is 6.07 Å². The van der Waals surface area contributed by atoms with E-state index in [0.717, 1.165) is 17.4 Å². The average Bonchev–Trinajstić information content (AvgIpc) is 2.55. The number of likely N-dealkylation sites (N-methyl/N-ethyl adjacent to an activating group) is 1. The van der Waals surface area contributed by atoms with E-state index in [1.807, 2.05) is 11.9 Å². The molecule has 0 spiro atoms. The summed E-state index contributed by atoms with van der Waals surface area (Å²) < 4.78 is 10.2. The second-order valence-corrected chi connectivity index (χ2v) is 6.05. The highest BCUT2D eigenvalue weighted by molar-refractivity contribution is 5.85. The highest BCUT2D eigenvalue weighted by Gasteiger charge is 2.13. The number of hydrogen-bond donors (Lipinski definition) is 2. The molecule has 0 aliphatic heterocycles. The van der Waals surface area contributed by atoms with Crippen molar-refractivity contribution in [2.45, 2.75) is 19.9 Å². The number of aromatic hydroxyl groups is 1. The first kappa shape index (κ1) is 19.0. The van der Waals surface area contributed by atoms with Gasteiger partial charge >= 0.3 is 5.63 Å². The summed E-state index contributed by atoms with van der Waals surface area (Å²) in [7, 11) is 3.43.